The summed E-state index contributed by atoms with van der Waals surface area (Å²) in [6, 6.07) is 18.0. The molecule has 53 heavy (non-hydrogen) atoms. The molecule has 4 aromatic rings. The molecule has 0 aliphatic heterocycles. The predicted octanol–water partition coefficient (Wildman–Crippen LogP) is 8.08. The van der Waals surface area contributed by atoms with E-state index >= 15 is 0 Å². The third-order valence-corrected chi connectivity index (χ3v) is 10.9. The second-order valence-corrected chi connectivity index (χ2v) is 14.7. The number of nitrogens with one attached hydrogen (secondary N) is 1. The van der Waals surface area contributed by atoms with E-state index in [1.54, 1.807) is 36.5 Å². The number of unbranched alkanes of at least 4 members (excludes halogenated alkanes) is 1. The summed E-state index contributed by atoms with van der Waals surface area (Å²) in [5.41, 5.74) is 18.2. The van der Waals surface area contributed by atoms with Gasteiger partial charge in [0, 0.05) is 53.8 Å². The zero-order valence-electron chi connectivity index (χ0n) is 30.6. The van der Waals surface area contributed by atoms with Gasteiger partial charge in [0.2, 0.25) is 0 Å². The smallest absolute Gasteiger partial charge is 0.165 e. The number of fused-ring (bicyclic) bond motifs is 2. The van der Waals surface area contributed by atoms with Gasteiger partial charge < -0.3 is 31.4 Å². The first kappa shape index (κ1) is 37.7. The van der Waals surface area contributed by atoms with Gasteiger partial charge in [0.25, 0.3) is 0 Å². The van der Waals surface area contributed by atoms with Crippen LogP contribution < -0.4 is 16.2 Å². The second-order valence-electron chi connectivity index (χ2n) is 14.7. The maximum Gasteiger partial charge on any atom is 0.165 e. The molecule has 2 aliphatic rings. The molecule has 1 saturated carbocycles. The van der Waals surface area contributed by atoms with Gasteiger partial charge in [-0.1, -0.05) is 80.9 Å². The summed E-state index contributed by atoms with van der Waals surface area (Å²) in [5, 5.41) is 21.8. The van der Waals surface area contributed by atoms with Crippen LogP contribution in [-0.2, 0) is 24.1 Å². The minimum atomic E-state index is -0.682. The van der Waals surface area contributed by atoms with Crippen molar-refractivity contribution in [2.24, 2.45) is 16.9 Å². The number of aromatic hydroxyl groups is 2. The number of nitrogens with two attached hydrogens (primary N) is 2. The van der Waals surface area contributed by atoms with Crippen molar-refractivity contribution in [3.05, 3.63) is 124 Å². The molecule has 276 valence electrons. The minimum absolute atomic E-state index is 0.0314. The van der Waals surface area contributed by atoms with Crippen LogP contribution in [0.2, 0.25) is 0 Å². The molecule has 1 heterocycles. The number of hydrogen-bond acceptors (Lipinski definition) is 7. The Morgan fingerprint density at radius 2 is 1.77 bits per heavy atom. The quantitative estimate of drug-likeness (QED) is 0.0503. The van der Waals surface area contributed by atoms with E-state index in [4.69, 9.17) is 16.2 Å². The first-order valence-electron chi connectivity index (χ1n) is 19.0. The number of aromatic nitrogens is 1. The molecule has 0 unspecified atom stereocenters. The van der Waals surface area contributed by atoms with Crippen LogP contribution in [0, 0.1) is 17.3 Å². The molecular weight excluding hydrogens is 663 g/mol. The van der Waals surface area contributed by atoms with Crippen molar-refractivity contribution in [1.29, 1.82) is 0 Å². The zero-order chi connectivity index (χ0) is 37.4. The van der Waals surface area contributed by atoms with Crippen molar-refractivity contribution in [1.82, 2.24) is 4.98 Å². The zero-order valence-corrected chi connectivity index (χ0v) is 30.6. The fraction of sp³-hybridized carbons (Fsp3) is 0.378. The summed E-state index contributed by atoms with van der Waals surface area (Å²) in [6.07, 6.45) is 15.3. The Morgan fingerprint density at radius 3 is 2.55 bits per heavy atom. The van der Waals surface area contributed by atoms with E-state index in [2.05, 4.69) is 29.8 Å². The van der Waals surface area contributed by atoms with Crippen molar-refractivity contribution in [3.8, 4) is 29.1 Å². The summed E-state index contributed by atoms with van der Waals surface area (Å²) in [7, 11) is 0. The number of ketones is 2. The van der Waals surface area contributed by atoms with Crippen LogP contribution >= 0.6 is 0 Å². The molecule has 0 spiro atoms. The molecule has 8 nitrogen and oxygen atoms in total. The number of aryl methyl sites for hydroxylation is 1. The lowest BCUT2D eigenvalue weighted by atomic mass is 9.80. The predicted molar refractivity (Wildman–Crippen MR) is 208 cm³/mol. The molecular formula is C45H51N3O5. The molecule has 2 aliphatic carbocycles. The third kappa shape index (κ3) is 9.29. The lowest BCUT2D eigenvalue weighted by Crippen LogP contribution is -2.20. The van der Waals surface area contributed by atoms with Crippen molar-refractivity contribution in [2.75, 3.05) is 6.61 Å². The molecule has 1 aromatic heterocycles. The number of ether oxygens (including phenoxy) is 1. The highest BCUT2D eigenvalue weighted by atomic mass is 16.5. The van der Waals surface area contributed by atoms with E-state index < -0.39 is 12.1 Å². The van der Waals surface area contributed by atoms with Crippen LogP contribution in [0.4, 0.5) is 0 Å². The monoisotopic (exact) mass is 713 g/mol. The maximum atomic E-state index is 13.7. The largest absolute Gasteiger partial charge is 0.508 e. The first-order valence-corrected chi connectivity index (χ1v) is 19.0. The molecule has 1 fully saturated rings. The average molecular weight is 714 g/mol. The Hall–Kier alpha value is -5.10. The topological polar surface area (TPSA) is 152 Å². The summed E-state index contributed by atoms with van der Waals surface area (Å²) in [6.45, 7) is 2.48. The third-order valence-electron chi connectivity index (χ3n) is 10.9. The standard InChI is InChI=1S/C45H51N3O5/c1-2-3-20-45(21-4-5-22-45)23-17-34(49)13-9-30-11-16-41(51)43(27-30)53-25-19-31-10-15-40(50)38(26-31)37-29-42(52)36-18-24-48-39(36)8-6-7-32-28-33(44(46)47)12-14-35(32)37/h10-12,14-18,23-24,26-28,37,44,48,50-51H,2-5,8-9,13,19-22,25,29,46-47H2,1H3/b23-17+/t37-/m0/s1. The number of carbonyl (C=O) groups excluding carboxylic acids is 2. The molecule has 0 bridgehead atoms. The minimum Gasteiger partial charge on any atom is -0.508 e. The highest BCUT2D eigenvalue weighted by Crippen LogP contribution is 2.44. The first-order chi connectivity index (χ1) is 25.6. The highest BCUT2D eigenvalue weighted by Gasteiger charge is 2.31. The molecule has 0 amide bonds. The summed E-state index contributed by atoms with van der Waals surface area (Å²) in [4.78, 5) is 29.7. The summed E-state index contributed by atoms with van der Waals surface area (Å²) in [5.74, 6) is 6.51. The highest BCUT2D eigenvalue weighted by molar-refractivity contribution is 5.98. The van der Waals surface area contributed by atoms with Crippen LogP contribution in [0.1, 0.15) is 126 Å². The van der Waals surface area contributed by atoms with Crippen molar-refractivity contribution < 1.29 is 24.5 Å². The van der Waals surface area contributed by atoms with Gasteiger partial charge in [0.05, 0.1) is 19.2 Å². The number of phenolic OH excluding ortho intramolecular Hbond substituents is 2. The molecule has 6 rings (SSSR count). The normalized spacial score (nSPS) is 16.6. The van der Waals surface area contributed by atoms with Gasteiger partial charge in [-0.25, -0.2) is 0 Å². The number of Topliss-reactive ketones (excluding diaryl/α,β-unsaturated/α-hetero) is 1. The van der Waals surface area contributed by atoms with E-state index in [1.807, 2.05) is 36.4 Å². The number of carbonyl (C=O) groups is 2. The van der Waals surface area contributed by atoms with Crippen molar-refractivity contribution in [2.45, 2.75) is 96.1 Å². The molecule has 0 radical (unpaired) electrons. The number of phenols is 2. The number of rotatable bonds is 14. The number of hydrogen-bond donors (Lipinski definition) is 5. The molecule has 3 aromatic carbocycles. The van der Waals surface area contributed by atoms with Gasteiger partial charge in [0.1, 0.15) is 5.75 Å². The van der Waals surface area contributed by atoms with E-state index in [9.17, 15) is 19.8 Å². The lowest BCUT2D eigenvalue weighted by Gasteiger charge is -2.24. The van der Waals surface area contributed by atoms with E-state index in [1.165, 1.54) is 38.5 Å². The Kier molecular flexibility index (Phi) is 12.2. The Bertz CT molecular complexity index is 2020. The van der Waals surface area contributed by atoms with E-state index in [0.717, 1.165) is 34.4 Å². The van der Waals surface area contributed by atoms with Gasteiger partial charge >= 0.3 is 0 Å². The van der Waals surface area contributed by atoms with Gasteiger partial charge in [-0.3, -0.25) is 9.59 Å². The lowest BCUT2D eigenvalue weighted by molar-refractivity contribution is -0.114. The van der Waals surface area contributed by atoms with Crippen LogP contribution in [0.3, 0.4) is 0 Å². The van der Waals surface area contributed by atoms with Gasteiger partial charge in [-0.2, -0.15) is 0 Å². The number of aromatic amines is 1. The summed E-state index contributed by atoms with van der Waals surface area (Å²) >= 11 is 0. The Labute approximate surface area is 312 Å². The molecule has 7 N–H and O–H groups in total. The van der Waals surface area contributed by atoms with Crippen LogP contribution in [0.15, 0.2) is 79.0 Å². The fourth-order valence-corrected chi connectivity index (χ4v) is 7.79. The second kappa shape index (κ2) is 17.2. The SMILES string of the molecule is CCCCC1(/C=C/C(=O)CCc2ccc(O)c(OCCc3ccc(O)c([C@H]4CC(=O)c5cc[nH]c5CC#Cc5cc(C(N)N)ccc54)c3)c2)CCCC1. The maximum absolute atomic E-state index is 13.7. The van der Waals surface area contributed by atoms with E-state index in [-0.39, 0.29) is 41.5 Å². The molecule has 8 heteroatoms. The number of allylic oxidation sites excluding steroid dienone is 2. The Morgan fingerprint density at radius 1 is 1.00 bits per heavy atom. The average Bonchev–Trinajstić information content (AvgIpc) is 3.83. The van der Waals surface area contributed by atoms with Gasteiger partial charge in [0.15, 0.2) is 23.1 Å². The van der Waals surface area contributed by atoms with Crippen LogP contribution in [-0.4, -0.2) is 33.4 Å². The van der Waals surface area contributed by atoms with Gasteiger partial charge in [-0.05, 0) is 89.8 Å². The van der Waals surface area contributed by atoms with Crippen LogP contribution in [0.25, 0.3) is 0 Å². The number of benzene rings is 3. The van der Waals surface area contributed by atoms with Crippen molar-refractivity contribution >= 4 is 11.6 Å². The number of H-pyrrole nitrogens is 1. The summed E-state index contributed by atoms with van der Waals surface area (Å²) < 4.78 is 6.06. The molecule has 1 atom stereocenters. The van der Waals surface area contributed by atoms with Crippen molar-refractivity contribution in [3.63, 3.8) is 0 Å². The van der Waals surface area contributed by atoms with Crippen LogP contribution in [0.5, 0.6) is 17.2 Å². The fourth-order valence-electron chi connectivity index (χ4n) is 7.79. The Balaban J connectivity index is 1.15. The van der Waals surface area contributed by atoms with E-state index in [0.29, 0.717) is 48.1 Å². The van der Waals surface area contributed by atoms with Gasteiger partial charge in [-0.15, -0.1) is 0 Å². The molecule has 0 saturated heterocycles.